The zero-order valence-corrected chi connectivity index (χ0v) is 12.8. The number of rotatable bonds is 8. The number of Topliss-reactive ketones (excluding diaryl/α,β-unsaturated/α-hetero) is 1. The molecular weight excluding hydrogens is 276 g/mol. The number of hydrogen-bond acceptors (Lipinski definition) is 5. The third-order valence-electron chi connectivity index (χ3n) is 3.00. The van der Waals surface area contributed by atoms with Crippen molar-refractivity contribution in [1.82, 2.24) is 10.6 Å². The van der Waals surface area contributed by atoms with Crippen molar-refractivity contribution in [2.45, 2.75) is 52.2 Å². The lowest BCUT2D eigenvalue weighted by Gasteiger charge is -2.19. The first-order valence-electron chi connectivity index (χ1n) is 6.74. The molecule has 0 saturated heterocycles. The van der Waals surface area contributed by atoms with Crippen LogP contribution in [0.4, 0.5) is 0 Å². The Hall–Kier alpha value is -1.96. The van der Waals surface area contributed by atoms with Crippen molar-refractivity contribution in [2.75, 3.05) is 0 Å². The van der Waals surface area contributed by atoms with Crippen molar-refractivity contribution in [3.63, 3.8) is 0 Å². The quantitative estimate of drug-likeness (QED) is 0.427. The number of hydrogen-bond donors (Lipinski definition) is 4. The van der Waals surface area contributed by atoms with E-state index in [1.54, 1.807) is 13.8 Å². The maximum atomic E-state index is 11.9. The molecule has 0 aliphatic carbocycles. The molecule has 0 aromatic rings. The van der Waals surface area contributed by atoms with Crippen molar-refractivity contribution in [3.05, 3.63) is 0 Å². The summed E-state index contributed by atoms with van der Waals surface area (Å²) in [5.41, 5.74) is 10.5. The first kappa shape index (κ1) is 19.0. The number of carbonyl (C=O) groups excluding carboxylic acids is 4. The fourth-order valence-electron chi connectivity index (χ4n) is 1.41. The summed E-state index contributed by atoms with van der Waals surface area (Å²) in [6.07, 6.45) is 0.00945. The van der Waals surface area contributed by atoms with Crippen LogP contribution in [-0.4, -0.2) is 41.6 Å². The number of nitrogens with two attached hydrogens (primary N) is 2. The SMILES string of the molecule is CC(N)C(=O)CC(C)C(=O)NC(C)C(=O)NC(C)C(N)=O. The Kier molecular flexibility index (Phi) is 7.57. The van der Waals surface area contributed by atoms with Gasteiger partial charge in [0.05, 0.1) is 6.04 Å². The lowest BCUT2D eigenvalue weighted by atomic mass is 10.0. The molecule has 21 heavy (non-hydrogen) atoms. The van der Waals surface area contributed by atoms with Crippen molar-refractivity contribution >= 4 is 23.5 Å². The van der Waals surface area contributed by atoms with Gasteiger partial charge in [-0.25, -0.2) is 0 Å². The normalized spacial score (nSPS) is 16.2. The van der Waals surface area contributed by atoms with Gasteiger partial charge in [0, 0.05) is 12.3 Å². The molecule has 8 nitrogen and oxygen atoms in total. The van der Waals surface area contributed by atoms with Crippen LogP contribution in [0, 0.1) is 5.92 Å². The lowest BCUT2D eigenvalue weighted by Crippen LogP contribution is -2.51. The third-order valence-corrected chi connectivity index (χ3v) is 3.00. The average Bonchev–Trinajstić information content (AvgIpc) is 2.37. The fourth-order valence-corrected chi connectivity index (χ4v) is 1.41. The number of carbonyl (C=O) groups is 4. The van der Waals surface area contributed by atoms with Gasteiger partial charge in [-0.15, -0.1) is 0 Å². The standard InChI is InChI=1S/C13H24N4O4/c1-6(5-10(18)7(2)14)12(20)17-9(4)13(21)16-8(3)11(15)19/h6-9H,5,14H2,1-4H3,(H2,15,19)(H,16,21)(H,17,20). The molecule has 3 amide bonds. The molecule has 0 fully saturated rings. The maximum Gasteiger partial charge on any atom is 0.242 e. The summed E-state index contributed by atoms with van der Waals surface area (Å²) < 4.78 is 0. The Balaban J connectivity index is 4.40. The fraction of sp³-hybridized carbons (Fsp3) is 0.692. The van der Waals surface area contributed by atoms with Gasteiger partial charge in [-0.3, -0.25) is 19.2 Å². The Labute approximate surface area is 124 Å². The molecule has 4 atom stereocenters. The Bertz CT molecular complexity index is 422. The molecule has 0 aromatic carbocycles. The van der Waals surface area contributed by atoms with Crippen LogP contribution in [0.5, 0.6) is 0 Å². The third kappa shape index (κ3) is 6.84. The second-order valence-electron chi connectivity index (χ2n) is 5.22. The van der Waals surface area contributed by atoms with Gasteiger partial charge >= 0.3 is 0 Å². The summed E-state index contributed by atoms with van der Waals surface area (Å²) in [5, 5.41) is 4.84. The minimum absolute atomic E-state index is 0.00945. The van der Waals surface area contributed by atoms with Gasteiger partial charge in [0.15, 0.2) is 0 Å². The summed E-state index contributed by atoms with van der Waals surface area (Å²) in [7, 11) is 0. The van der Waals surface area contributed by atoms with Crippen molar-refractivity contribution in [3.8, 4) is 0 Å². The Morgan fingerprint density at radius 3 is 1.81 bits per heavy atom. The van der Waals surface area contributed by atoms with Crippen molar-refractivity contribution in [2.24, 2.45) is 17.4 Å². The highest BCUT2D eigenvalue weighted by Crippen LogP contribution is 2.05. The van der Waals surface area contributed by atoms with E-state index in [4.69, 9.17) is 11.5 Å². The molecule has 8 heteroatoms. The van der Waals surface area contributed by atoms with E-state index < -0.39 is 41.8 Å². The molecule has 6 N–H and O–H groups in total. The summed E-state index contributed by atoms with van der Waals surface area (Å²) in [6, 6.07) is -2.29. The summed E-state index contributed by atoms with van der Waals surface area (Å²) in [5.74, 6) is -2.44. The maximum absolute atomic E-state index is 11.9. The van der Waals surface area contributed by atoms with E-state index in [1.165, 1.54) is 13.8 Å². The summed E-state index contributed by atoms with van der Waals surface area (Å²) in [6.45, 7) is 6.04. The minimum atomic E-state index is -0.841. The second kappa shape index (κ2) is 8.35. The highest BCUT2D eigenvalue weighted by atomic mass is 16.2. The first-order valence-corrected chi connectivity index (χ1v) is 6.74. The largest absolute Gasteiger partial charge is 0.368 e. The van der Waals surface area contributed by atoms with Crippen LogP contribution in [0.25, 0.3) is 0 Å². The summed E-state index contributed by atoms with van der Waals surface area (Å²) in [4.78, 5) is 45.9. The van der Waals surface area contributed by atoms with E-state index >= 15 is 0 Å². The van der Waals surface area contributed by atoms with Gasteiger partial charge in [0.25, 0.3) is 0 Å². The van der Waals surface area contributed by atoms with Crippen LogP contribution >= 0.6 is 0 Å². The van der Waals surface area contributed by atoms with E-state index in [-0.39, 0.29) is 12.2 Å². The van der Waals surface area contributed by atoms with Crippen molar-refractivity contribution in [1.29, 1.82) is 0 Å². The van der Waals surface area contributed by atoms with E-state index in [0.717, 1.165) is 0 Å². The highest BCUT2D eigenvalue weighted by Gasteiger charge is 2.23. The number of ketones is 1. The van der Waals surface area contributed by atoms with Gasteiger partial charge in [-0.2, -0.15) is 0 Å². The van der Waals surface area contributed by atoms with E-state index in [2.05, 4.69) is 10.6 Å². The predicted molar refractivity (Wildman–Crippen MR) is 76.8 cm³/mol. The van der Waals surface area contributed by atoms with Crippen LogP contribution < -0.4 is 22.1 Å². The van der Waals surface area contributed by atoms with E-state index in [0.29, 0.717) is 0 Å². The monoisotopic (exact) mass is 300 g/mol. The molecule has 0 aliphatic rings. The molecule has 120 valence electrons. The molecule has 0 spiro atoms. The van der Waals surface area contributed by atoms with Gasteiger partial charge in [0.1, 0.15) is 17.9 Å². The van der Waals surface area contributed by atoms with Gasteiger partial charge in [-0.05, 0) is 20.8 Å². The smallest absolute Gasteiger partial charge is 0.242 e. The molecule has 0 rings (SSSR count). The topological polar surface area (TPSA) is 144 Å². The van der Waals surface area contributed by atoms with Crippen LogP contribution in [0.15, 0.2) is 0 Å². The highest BCUT2D eigenvalue weighted by molar-refractivity contribution is 5.93. The Morgan fingerprint density at radius 1 is 0.905 bits per heavy atom. The molecule has 0 aromatic heterocycles. The molecule has 4 unspecified atom stereocenters. The van der Waals surface area contributed by atoms with Gasteiger partial charge in [0.2, 0.25) is 17.7 Å². The van der Waals surface area contributed by atoms with Crippen molar-refractivity contribution < 1.29 is 19.2 Å². The molecule has 0 heterocycles. The number of primary amides is 1. The van der Waals surface area contributed by atoms with Crippen LogP contribution in [0.2, 0.25) is 0 Å². The number of amides is 3. The lowest BCUT2D eigenvalue weighted by molar-refractivity contribution is -0.133. The van der Waals surface area contributed by atoms with E-state index in [9.17, 15) is 19.2 Å². The van der Waals surface area contributed by atoms with Gasteiger partial charge in [-0.1, -0.05) is 6.92 Å². The predicted octanol–water partition coefficient (Wildman–Crippen LogP) is -1.58. The van der Waals surface area contributed by atoms with Crippen LogP contribution in [0.3, 0.4) is 0 Å². The first-order chi connectivity index (χ1) is 9.56. The van der Waals surface area contributed by atoms with Crippen LogP contribution in [-0.2, 0) is 19.2 Å². The molecule has 0 radical (unpaired) electrons. The molecular formula is C13H24N4O4. The minimum Gasteiger partial charge on any atom is -0.368 e. The Morgan fingerprint density at radius 2 is 1.38 bits per heavy atom. The second-order valence-corrected chi connectivity index (χ2v) is 5.22. The zero-order valence-electron chi connectivity index (χ0n) is 12.8. The summed E-state index contributed by atoms with van der Waals surface area (Å²) >= 11 is 0. The molecule has 0 bridgehead atoms. The average molecular weight is 300 g/mol. The van der Waals surface area contributed by atoms with Crippen LogP contribution in [0.1, 0.15) is 34.1 Å². The van der Waals surface area contributed by atoms with E-state index in [1.807, 2.05) is 0 Å². The molecule has 0 aliphatic heterocycles. The number of nitrogens with one attached hydrogen (secondary N) is 2. The molecule has 0 saturated carbocycles. The van der Waals surface area contributed by atoms with Gasteiger partial charge < -0.3 is 22.1 Å². The zero-order chi connectivity index (χ0) is 16.7.